The van der Waals surface area contributed by atoms with Crippen molar-refractivity contribution in [2.75, 3.05) is 5.75 Å². The predicted octanol–water partition coefficient (Wildman–Crippen LogP) is 5.23. The number of para-hydroxylation sites is 2. The number of carboxylic acids is 1. The molecule has 0 saturated carbocycles. The van der Waals surface area contributed by atoms with E-state index in [1.807, 2.05) is 6.07 Å². The van der Waals surface area contributed by atoms with Crippen molar-refractivity contribution in [3.63, 3.8) is 0 Å². The number of aromatic carboxylic acids is 1. The molecule has 2 aromatic carbocycles. The summed E-state index contributed by atoms with van der Waals surface area (Å²) in [6, 6.07) is 14.0. The van der Waals surface area contributed by atoms with E-state index in [4.69, 9.17) is 5.11 Å². The fourth-order valence-corrected chi connectivity index (χ4v) is 5.75. The van der Waals surface area contributed by atoms with Crippen molar-refractivity contribution in [2.45, 2.75) is 45.4 Å². The maximum atomic E-state index is 12.5. The second-order valence-corrected chi connectivity index (χ2v) is 10.9. The molecule has 0 spiro atoms. The lowest BCUT2D eigenvalue weighted by molar-refractivity contribution is 0.0694. The first-order valence-electron chi connectivity index (χ1n) is 12.3. The number of hydrogen-bond acceptors (Lipinski definition) is 5. The smallest absolute Gasteiger partial charge is 0.341 e. The van der Waals surface area contributed by atoms with Gasteiger partial charge in [-0.1, -0.05) is 69.4 Å². The fourth-order valence-electron chi connectivity index (χ4n) is 4.25. The zero-order chi connectivity index (χ0) is 27.0. The molecule has 0 fully saturated rings. The van der Waals surface area contributed by atoms with Crippen molar-refractivity contribution < 1.29 is 23.1 Å². The Kier molecular flexibility index (Phi) is 9.41. The molecule has 0 unspecified atom stereocenters. The van der Waals surface area contributed by atoms with Crippen molar-refractivity contribution in [2.24, 2.45) is 7.05 Å². The maximum absolute atomic E-state index is 12.5. The molecule has 0 saturated heterocycles. The molecule has 0 radical (unpaired) electrons. The molecule has 37 heavy (non-hydrogen) atoms. The summed E-state index contributed by atoms with van der Waals surface area (Å²) in [6.45, 7) is 2.16. The first kappa shape index (κ1) is 27.9. The molecule has 0 aliphatic carbocycles. The molecule has 0 atom stereocenters. The fraction of sp³-hybridized carbons (Fsp3) is 0.321. The van der Waals surface area contributed by atoms with Crippen LogP contribution in [0.4, 0.5) is 0 Å². The van der Waals surface area contributed by atoms with Crippen LogP contribution in [0, 0.1) is 0 Å². The third kappa shape index (κ3) is 6.54. The summed E-state index contributed by atoms with van der Waals surface area (Å²) in [4.78, 5) is 33.6. The summed E-state index contributed by atoms with van der Waals surface area (Å²) in [7, 11) is -1.69. The Morgan fingerprint density at radius 1 is 0.892 bits per heavy atom. The van der Waals surface area contributed by atoms with Gasteiger partial charge in [0.25, 0.3) is 0 Å². The molecular formula is C28H32N2O6S. The van der Waals surface area contributed by atoms with Gasteiger partial charge in [0.05, 0.1) is 16.8 Å². The summed E-state index contributed by atoms with van der Waals surface area (Å²) in [5.74, 6) is -1.07. The average Bonchev–Trinajstić information content (AvgIpc) is 3.28. The molecular weight excluding hydrogens is 492 g/mol. The van der Waals surface area contributed by atoms with Gasteiger partial charge in [-0.25, -0.2) is 17.2 Å². The summed E-state index contributed by atoms with van der Waals surface area (Å²) in [5, 5.41) is 9.95. The summed E-state index contributed by atoms with van der Waals surface area (Å²) < 4.78 is 27.9. The Balaban J connectivity index is 0.000000220. The van der Waals surface area contributed by atoms with Crippen molar-refractivity contribution >= 4 is 44.1 Å². The largest absolute Gasteiger partial charge is 0.477 e. The molecule has 4 aromatic rings. The highest BCUT2D eigenvalue weighted by atomic mass is 32.2. The van der Waals surface area contributed by atoms with Crippen molar-refractivity contribution in [3.8, 4) is 0 Å². The minimum absolute atomic E-state index is 0.121. The number of aromatic nitrogens is 2. The standard InChI is InChI=1S/C17H23NO3S.C11H9NO3/c1-2-3-4-5-6-9-12-22(20,21)18-13-15(14-19)16-10-7-8-11-17(16)18;1-12-6-8(11(14)15)10(13)7-4-2-3-5-9(7)12/h7-8,10-11,13-14H,2-6,9,12H2,1H3;2-6H,1H3,(H,14,15). The zero-order valence-electron chi connectivity index (χ0n) is 21.1. The molecule has 0 aliphatic heterocycles. The van der Waals surface area contributed by atoms with E-state index < -0.39 is 21.4 Å². The molecule has 4 rings (SSSR count). The van der Waals surface area contributed by atoms with Gasteiger partial charge in [-0.3, -0.25) is 9.59 Å². The maximum Gasteiger partial charge on any atom is 0.341 e. The van der Waals surface area contributed by atoms with E-state index in [0.29, 0.717) is 34.6 Å². The zero-order valence-corrected chi connectivity index (χ0v) is 21.9. The van der Waals surface area contributed by atoms with Crippen LogP contribution in [0.25, 0.3) is 21.8 Å². The highest BCUT2D eigenvalue weighted by molar-refractivity contribution is 7.90. The minimum atomic E-state index is -3.41. The van der Waals surface area contributed by atoms with Gasteiger partial charge in [-0.2, -0.15) is 0 Å². The van der Waals surface area contributed by atoms with Crippen molar-refractivity contribution in [3.05, 3.63) is 82.3 Å². The number of hydrogen-bond donors (Lipinski definition) is 1. The lowest BCUT2D eigenvalue weighted by atomic mass is 10.1. The van der Waals surface area contributed by atoms with Gasteiger partial charge in [0.1, 0.15) is 5.56 Å². The number of fused-ring (bicyclic) bond motifs is 2. The van der Waals surface area contributed by atoms with Crippen LogP contribution in [0.1, 0.15) is 66.2 Å². The van der Waals surface area contributed by atoms with Crippen molar-refractivity contribution in [1.82, 2.24) is 8.54 Å². The molecule has 9 heteroatoms. The van der Waals surface area contributed by atoms with Crippen molar-refractivity contribution in [1.29, 1.82) is 0 Å². The molecule has 0 aliphatic rings. The minimum Gasteiger partial charge on any atom is -0.477 e. The molecule has 2 aromatic heterocycles. The van der Waals surface area contributed by atoms with E-state index in [2.05, 4.69) is 6.92 Å². The molecule has 2 heterocycles. The molecule has 1 N–H and O–H groups in total. The number of carbonyl (C=O) groups is 2. The van der Waals surface area contributed by atoms with E-state index in [-0.39, 0.29) is 11.3 Å². The van der Waals surface area contributed by atoms with Crippen LogP contribution in [0.3, 0.4) is 0 Å². The second kappa shape index (κ2) is 12.5. The number of benzene rings is 2. The predicted molar refractivity (Wildman–Crippen MR) is 146 cm³/mol. The number of unbranched alkanes of at least 4 members (excludes halogenated alkanes) is 5. The van der Waals surface area contributed by atoms with Crippen LogP contribution in [0.5, 0.6) is 0 Å². The Morgan fingerprint density at radius 3 is 2.14 bits per heavy atom. The number of pyridine rings is 1. The van der Waals surface area contributed by atoms with Gasteiger partial charge >= 0.3 is 5.97 Å². The van der Waals surface area contributed by atoms with E-state index in [9.17, 15) is 22.8 Å². The van der Waals surface area contributed by atoms with Gasteiger partial charge in [0.2, 0.25) is 15.5 Å². The normalized spacial score (nSPS) is 11.3. The Bertz CT molecular complexity index is 1570. The first-order chi connectivity index (χ1) is 17.7. The number of rotatable bonds is 10. The molecule has 8 nitrogen and oxygen atoms in total. The Labute approximate surface area is 216 Å². The Morgan fingerprint density at radius 2 is 1.49 bits per heavy atom. The van der Waals surface area contributed by atoms with Crippen LogP contribution in [-0.2, 0) is 17.1 Å². The first-order valence-corrected chi connectivity index (χ1v) is 13.9. The highest BCUT2D eigenvalue weighted by Gasteiger charge is 2.18. The second-order valence-electron chi connectivity index (χ2n) is 8.90. The summed E-state index contributed by atoms with van der Waals surface area (Å²) in [5.41, 5.74) is 1.10. The van der Waals surface area contributed by atoms with Gasteiger partial charge in [0, 0.05) is 35.8 Å². The van der Waals surface area contributed by atoms with E-state index in [1.54, 1.807) is 54.1 Å². The average molecular weight is 525 g/mol. The van der Waals surface area contributed by atoms with Gasteiger partial charge < -0.3 is 9.67 Å². The van der Waals surface area contributed by atoms with E-state index >= 15 is 0 Å². The highest BCUT2D eigenvalue weighted by Crippen LogP contribution is 2.22. The van der Waals surface area contributed by atoms with Crippen LogP contribution in [-0.4, -0.2) is 40.1 Å². The number of nitrogens with zero attached hydrogens (tertiary/aromatic N) is 2. The SMILES string of the molecule is CCCCCCCCS(=O)(=O)n1cc(C=O)c2ccccc21.Cn1cc(C(=O)O)c(=O)c2ccccc21. The topological polar surface area (TPSA) is 115 Å². The van der Waals surface area contributed by atoms with Gasteiger partial charge in [0.15, 0.2) is 6.29 Å². The monoisotopic (exact) mass is 524 g/mol. The summed E-state index contributed by atoms with van der Waals surface area (Å²) in [6.07, 6.45) is 9.71. The number of aryl methyl sites for hydroxylation is 1. The van der Waals surface area contributed by atoms with Gasteiger partial charge in [-0.15, -0.1) is 0 Å². The van der Waals surface area contributed by atoms with E-state index in [0.717, 1.165) is 24.8 Å². The quantitative estimate of drug-likeness (QED) is 0.224. The van der Waals surface area contributed by atoms with E-state index in [1.165, 1.54) is 29.2 Å². The lowest BCUT2D eigenvalue weighted by Crippen LogP contribution is -2.17. The number of aldehydes is 1. The number of carbonyl (C=O) groups excluding carboxylic acids is 1. The molecule has 196 valence electrons. The third-order valence-electron chi connectivity index (χ3n) is 6.22. The third-order valence-corrected chi connectivity index (χ3v) is 7.92. The number of carboxylic acid groups (broad SMARTS) is 1. The van der Waals surface area contributed by atoms with Gasteiger partial charge in [-0.05, 0) is 24.6 Å². The molecule has 0 amide bonds. The lowest BCUT2D eigenvalue weighted by Gasteiger charge is -2.07. The van der Waals surface area contributed by atoms with Crippen LogP contribution in [0.2, 0.25) is 0 Å². The van der Waals surface area contributed by atoms with Crippen LogP contribution >= 0.6 is 0 Å². The summed E-state index contributed by atoms with van der Waals surface area (Å²) >= 11 is 0. The van der Waals surface area contributed by atoms with Crippen LogP contribution < -0.4 is 5.43 Å². The Hall–Kier alpha value is -3.72. The van der Waals surface area contributed by atoms with Crippen LogP contribution in [0.15, 0.2) is 65.7 Å². The molecule has 0 bridgehead atoms.